The van der Waals surface area contributed by atoms with Gasteiger partial charge in [-0.25, -0.2) is 0 Å². The van der Waals surface area contributed by atoms with E-state index < -0.39 is 0 Å². The Kier molecular flexibility index (Phi) is 7.40. The standard InChI is InChI=1S/C22H34O5/c1-14(2)8-7-9-22(4)12-19(25-5)16-13-27-18(10-15(3)23)21(16)17(22)11-20(24)26-6/h8,17-19H,7,9-13H2,1-6H3/t17-,18-,19-,22-/m0/s1. The average molecular weight is 379 g/mol. The fourth-order valence-corrected chi connectivity index (χ4v) is 4.59. The lowest BCUT2D eigenvalue weighted by atomic mass is 9.60. The van der Waals surface area contributed by atoms with Gasteiger partial charge in [-0.3, -0.25) is 9.59 Å². The van der Waals surface area contributed by atoms with Crippen LogP contribution in [0.4, 0.5) is 0 Å². The molecule has 1 heterocycles. The number of hydrogen-bond donors (Lipinski definition) is 0. The molecule has 5 nitrogen and oxygen atoms in total. The third kappa shape index (κ3) is 5.08. The normalized spacial score (nSPS) is 30.1. The van der Waals surface area contributed by atoms with Crippen molar-refractivity contribution in [1.82, 2.24) is 0 Å². The molecule has 0 saturated heterocycles. The Morgan fingerprint density at radius 2 is 1.93 bits per heavy atom. The van der Waals surface area contributed by atoms with Gasteiger partial charge in [-0.15, -0.1) is 0 Å². The van der Waals surface area contributed by atoms with Gasteiger partial charge in [0.1, 0.15) is 5.78 Å². The van der Waals surface area contributed by atoms with Crippen molar-refractivity contribution < 1.29 is 23.8 Å². The van der Waals surface area contributed by atoms with Gasteiger partial charge in [-0.1, -0.05) is 18.6 Å². The van der Waals surface area contributed by atoms with Gasteiger partial charge >= 0.3 is 5.97 Å². The lowest BCUT2D eigenvalue weighted by Crippen LogP contribution is -2.42. The molecule has 1 aliphatic heterocycles. The van der Waals surface area contributed by atoms with E-state index in [0.717, 1.165) is 30.4 Å². The van der Waals surface area contributed by atoms with E-state index in [1.807, 2.05) is 0 Å². The van der Waals surface area contributed by atoms with Crippen LogP contribution in [0.3, 0.4) is 0 Å². The molecule has 0 saturated carbocycles. The van der Waals surface area contributed by atoms with Crippen LogP contribution >= 0.6 is 0 Å². The van der Waals surface area contributed by atoms with Crippen molar-refractivity contribution in [1.29, 1.82) is 0 Å². The van der Waals surface area contributed by atoms with Crippen LogP contribution in [-0.4, -0.2) is 44.8 Å². The molecule has 1 aliphatic carbocycles. The minimum atomic E-state index is -0.257. The highest BCUT2D eigenvalue weighted by molar-refractivity contribution is 5.77. The third-order valence-corrected chi connectivity index (χ3v) is 6.04. The molecule has 4 atom stereocenters. The molecule has 0 aromatic heterocycles. The summed E-state index contributed by atoms with van der Waals surface area (Å²) >= 11 is 0. The monoisotopic (exact) mass is 378 g/mol. The second-order valence-corrected chi connectivity index (χ2v) is 8.42. The zero-order valence-electron chi connectivity index (χ0n) is 17.6. The molecule has 0 aromatic carbocycles. The summed E-state index contributed by atoms with van der Waals surface area (Å²) in [4.78, 5) is 24.0. The molecule has 0 unspecified atom stereocenters. The molecule has 152 valence electrons. The Morgan fingerprint density at radius 3 is 2.48 bits per heavy atom. The van der Waals surface area contributed by atoms with Crippen LogP contribution in [0.15, 0.2) is 22.8 Å². The van der Waals surface area contributed by atoms with Gasteiger partial charge in [0.15, 0.2) is 0 Å². The first-order valence-electron chi connectivity index (χ1n) is 9.78. The van der Waals surface area contributed by atoms with E-state index in [1.54, 1.807) is 14.0 Å². The predicted octanol–water partition coefficient (Wildman–Crippen LogP) is 4.01. The van der Waals surface area contributed by atoms with Crippen molar-refractivity contribution >= 4 is 11.8 Å². The molecule has 0 amide bonds. The zero-order valence-corrected chi connectivity index (χ0v) is 17.6. The van der Waals surface area contributed by atoms with Crippen LogP contribution in [0, 0.1) is 11.3 Å². The molecular formula is C22H34O5. The van der Waals surface area contributed by atoms with Gasteiger partial charge in [0.25, 0.3) is 0 Å². The van der Waals surface area contributed by atoms with E-state index in [-0.39, 0.29) is 35.3 Å². The fraction of sp³-hybridized carbons (Fsp3) is 0.727. The minimum Gasteiger partial charge on any atom is -0.469 e. The number of hydrogen-bond acceptors (Lipinski definition) is 5. The Morgan fingerprint density at radius 1 is 1.22 bits per heavy atom. The van der Waals surface area contributed by atoms with Crippen molar-refractivity contribution in [2.24, 2.45) is 11.3 Å². The van der Waals surface area contributed by atoms with Crippen LogP contribution in [0.5, 0.6) is 0 Å². The number of rotatable bonds is 8. The van der Waals surface area contributed by atoms with E-state index in [9.17, 15) is 9.59 Å². The number of esters is 1. The Balaban J connectivity index is 2.43. The van der Waals surface area contributed by atoms with Gasteiger partial charge in [0.2, 0.25) is 0 Å². The van der Waals surface area contributed by atoms with Crippen molar-refractivity contribution in [2.75, 3.05) is 20.8 Å². The van der Waals surface area contributed by atoms with Crippen molar-refractivity contribution in [2.45, 2.75) is 72.0 Å². The number of Topliss-reactive ketones (excluding diaryl/α,β-unsaturated/α-hetero) is 1. The van der Waals surface area contributed by atoms with Crippen LogP contribution in [0.25, 0.3) is 0 Å². The van der Waals surface area contributed by atoms with Gasteiger partial charge in [-0.2, -0.15) is 0 Å². The fourth-order valence-electron chi connectivity index (χ4n) is 4.59. The van der Waals surface area contributed by atoms with Crippen molar-refractivity contribution in [3.05, 3.63) is 22.8 Å². The second-order valence-electron chi connectivity index (χ2n) is 8.42. The highest BCUT2D eigenvalue weighted by atomic mass is 16.5. The first-order chi connectivity index (χ1) is 12.7. The molecule has 0 radical (unpaired) electrons. The lowest BCUT2D eigenvalue weighted by molar-refractivity contribution is -0.143. The summed E-state index contributed by atoms with van der Waals surface area (Å²) < 4.78 is 16.8. The minimum absolute atomic E-state index is 0.00348. The summed E-state index contributed by atoms with van der Waals surface area (Å²) in [6, 6.07) is 0. The smallest absolute Gasteiger partial charge is 0.306 e. The summed E-state index contributed by atoms with van der Waals surface area (Å²) in [5.74, 6) is -0.121. The molecule has 0 fully saturated rings. The van der Waals surface area contributed by atoms with Crippen molar-refractivity contribution in [3.8, 4) is 0 Å². The molecule has 0 bridgehead atoms. The number of methoxy groups -OCH3 is 2. The average Bonchev–Trinajstić information content (AvgIpc) is 2.99. The molecule has 0 aromatic rings. The molecule has 2 aliphatic rings. The predicted molar refractivity (Wildman–Crippen MR) is 104 cm³/mol. The molecular weight excluding hydrogens is 344 g/mol. The van der Waals surface area contributed by atoms with E-state index in [0.29, 0.717) is 19.4 Å². The topological polar surface area (TPSA) is 61.8 Å². The maximum absolute atomic E-state index is 12.2. The highest BCUT2D eigenvalue weighted by Crippen LogP contribution is 2.53. The number of carbonyl (C=O) groups excluding carboxylic acids is 2. The van der Waals surface area contributed by atoms with Gasteiger partial charge < -0.3 is 14.2 Å². The Labute approximate surface area is 163 Å². The maximum Gasteiger partial charge on any atom is 0.306 e. The van der Waals surface area contributed by atoms with Crippen molar-refractivity contribution in [3.63, 3.8) is 0 Å². The zero-order chi connectivity index (χ0) is 20.2. The molecule has 0 N–H and O–H groups in total. The number of ether oxygens (including phenoxy) is 3. The van der Waals surface area contributed by atoms with E-state index in [1.165, 1.54) is 12.7 Å². The SMILES string of the molecule is COC(=O)C[C@H]1C2=C(CO[C@H]2CC(C)=O)[C@@H](OC)C[C@]1(C)CCC=C(C)C. The third-order valence-electron chi connectivity index (χ3n) is 6.04. The Hall–Kier alpha value is -1.46. The summed E-state index contributed by atoms with van der Waals surface area (Å²) in [6.07, 6.45) is 5.36. The van der Waals surface area contributed by atoms with Crippen LogP contribution in [0.1, 0.15) is 59.8 Å². The first-order valence-corrected chi connectivity index (χ1v) is 9.78. The van der Waals surface area contributed by atoms with E-state index in [4.69, 9.17) is 14.2 Å². The first kappa shape index (κ1) is 21.8. The summed E-state index contributed by atoms with van der Waals surface area (Å²) in [5.41, 5.74) is 3.40. The highest BCUT2D eigenvalue weighted by Gasteiger charge is 2.49. The number of ketones is 1. The molecule has 0 spiro atoms. The van der Waals surface area contributed by atoms with E-state index >= 15 is 0 Å². The van der Waals surface area contributed by atoms with Crippen LogP contribution < -0.4 is 0 Å². The summed E-state index contributed by atoms with van der Waals surface area (Å²) in [6.45, 7) is 8.50. The molecule has 2 rings (SSSR count). The molecule has 5 heteroatoms. The van der Waals surface area contributed by atoms with Crippen LogP contribution in [0.2, 0.25) is 0 Å². The molecule has 27 heavy (non-hydrogen) atoms. The number of allylic oxidation sites excluding steroid dienone is 2. The van der Waals surface area contributed by atoms with Gasteiger partial charge in [0, 0.05) is 13.5 Å². The summed E-state index contributed by atoms with van der Waals surface area (Å²) in [5, 5.41) is 0. The lowest BCUT2D eigenvalue weighted by Gasteiger charge is -2.45. The number of carbonyl (C=O) groups is 2. The van der Waals surface area contributed by atoms with E-state index in [2.05, 4.69) is 26.8 Å². The maximum atomic E-state index is 12.2. The largest absolute Gasteiger partial charge is 0.469 e. The second kappa shape index (κ2) is 9.16. The van der Waals surface area contributed by atoms with Gasteiger partial charge in [-0.05, 0) is 62.5 Å². The van der Waals surface area contributed by atoms with Gasteiger partial charge in [0.05, 0.1) is 32.3 Å². The summed E-state index contributed by atoms with van der Waals surface area (Å²) in [7, 11) is 3.15. The quantitative estimate of drug-likeness (QED) is 0.472. The Bertz CT molecular complexity index is 629. The van der Waals surface area contributed by atoms with Crippen LogP contribution in [-0.2, 0) is 23.8 Å².